The van der Waals surface area contributed by atoms with E-state index >= 15 is 0 Å². The maximum absolute atomic E-state index is 11.6. The van der Waals surface area contributed by atoms with Gasteiger partial charge in [0, 0.05) is 6.20 Å². The summed E-state index contributed by atoms with van der Waals surface area (Å²) in [6.45, 7) is 3.22. The van der Waals surface area contributed by atoms with E-state index in [1.807, 2.05) is 0 Å². The fraction of sp³-hybridized carbons (Fsp3) is 0.400. The molecule has 1 aromatic rings. The normalized spacial score (nSPS) is 31.4. The molecule has 2 rings (SSSR count). The number of hydrogen-bond donors (Lipinski definition) is 4. The van der Waals surface area contributed by atoms with Crippen molar-refractivity contribution in [1.29, 1.82) is 0 Å². The predicted octanol–water partition coefficient (Wildman–Crippen LogP) is -1.48. The molecular weight excluding hydrogens is 242 g/mol. The maximum atomic E-state index is 11.6. The van der Waals surface area contributed by atoms with Crippen LogP contribution < -0.4 is 11.4 Å². The number of nitrogens with zero attached hydrogens (tertiary/aromatic N) is 2. The molecule has 0 saturated carbocycles. The standard InChI is InChI=1S/C10H13N3O5/c1-4(14)8-6(15)7(16)9(18-8)13-3-2-5(11)12-10(13)17/h2-3,6-9,14-16H,1H2,(H2,11,12,17)/t6-,7+,8+,9+/m0/s1. The van der Waals surface area contributed by atoms with Crippen molar-refractivity contribution >= 4 is 5.82 Å². The second kappa shape index (κ2) is 4.41. The van der Waals surface area contributed by atoms with Gasteiger partial charge in [0.25, 0.3) is 0 Å². The first-order chi connectivity index (χ1) is 8.41. The van der Waals surface area contributed by atoms with Gasteiger partial charge in [-0.1, -0.05) is 6.58 Å². The summed E-state index contributed by atoms with van der Waals surface area (Å²) in [5.41, 5.74) is 4.61. The number of rotatable bonds is 2. The van der Waals surface area contributed by atoms with Crippen LogP contribution in [0.4, 0.5) is 5.82 Å². The van der Waals surface area contributed by atoms with Crippen molar-refractivity contribution in [2.75, 3.05) is 5.73 Å². The minimum Gasteiger partial charge on any atom is -0.510 e. The summed E-state index contributed by atoms with van der Waals surface area (Å²) in [6, 6.07) is 1.35. The summed E-state index contributed by atoms with van der Waals surface area (Å²) in [6.07, 6.45) is -3.80. The van der Waals surface area contributed by atoms with Crippen LogP contribution in [0.2, 0.25) is 0 Å². The molecule has 5 N–H and O–H groups in total. The Morgan fingerprint density at radius 2 is 2.17 bits per heavy atom. The third-order valence-corrected chi connectivity index (χ3v) is 2.69. The number of anilines is 1. The van der Waals surface area contributed by atoms with Crippen LogP contribution >= 0.6 is 0 Å². The average molecular weight is 255 g/mol. The summed E-state index contributed by atoms with van der Waals surface area (Å²) >= 11 is 0. The third-order valence-electron chi connectivity index (χ3n) is 2.69. The smallest absolute Gasteiger partial charge is 0.351 e. The molecule has 0 spiro atoms. The van der Waals surface area contributed by atoms with Gasteiger partial charge in [-0.25, -0.2) is 4.79 Å². The highest BCUT2D eigenvalue weighted by molar-refractivity contribution is 5.23. The molecule has 1 fully saturated rings. The van der Waals surface area contributed by atoms with Crippen LogP contribution in [0.5, 0.6) is 0 Å². The Kier molecular flexibility index (Phi) is 3.07. The maximum Gasteiger partial charge on any atom is 0.351 e. The molecule has 1 aliphatic heterocycles. The summed E-state index contributed by atoms with van der Waals surface area (Å²) in [7, 11) is 0. The molecule has 1 aliphatic rings. The van der Waals surface area contributed by atoms with E-state index in [1.165, 1.54) is 12.3 Å². The Hall–Kier alpha value is -1.90. The number of aromatic nitrogens is 2. The fourth-order valence-corrected chi connectivity index (χ4v) is 1.78. The van der Waals surface area contributed by atoms with Gasteiger partial charge in [-0.05, 0) is 6.07 Å². The topological polar surface area (TPSA) is 131 Å². The molecule has 0 unspecified atom stereocenters. The van der Waals surface area contributed by atoms with Crippen molar-refractivity contribution in [3.8, 4) is 0 Å². The zero-order valence-electron chi connectivity index (χ0n) is 9.30. The van der Waals surface area contributed by atoms with E-state index in [9.17, 15) is 20.1 Å². The molecular formula is C10H13N3O5. The first-order valence-electron chi connectivity index (χ1n) is 5.16. The van der Waals surface area contributed by atoms with Crippen LogP contribution in [0.3, 0.4) is 0 Å². The Labute approximate surface area is 102 Å². The van der Waals surface area contributed by atoms with Gasteiger partial charge in [0.1, 0.15) is 29.9 Å². The lowest BCUT2D eigenvalue weighted by Crippen LogP contribution is -2.35. The molecule has 2 heterocycles. The van der Waals surface area contributed by atoms with E-state index in [0.717, 1.165) is 4.57 Å². The van der Waals surface area contributed by atoms with Gasteiger partial charge in [-0.3, -0.25) is 4.57 Å². The second-order valence-electron chi connectivity index (χ2n) is 3.96. The summed E-state index contributed by atoms with van der Waals surface area (Å²) < 4.78 is 6.17. The van der Waals surface area contributed by atoms with Gasteiger partial charge in [0.05, 0.1) is 0 Å². The zero-order chi connectivity index (χ0) is 13.4. The average Bonchev–Trinajstić information content (AvgIpc) is 2.57. The van der Waals surface area contributed by atoms with Gasteiger partial charge >= 0.3 is 5.69 Å². The van der Waals surface area contributed by atoms with E-state index in [0.29, 0.717) is 0 Å². The quantitative estimate of drug-likeness (QED) is 0.474. The van der Waals surface area contributed by atoms with Gasteiger partial charge < -0.3 is 25.8 Å². The third kappa shape index (κ3) is 1.96. The van der Waals surface area contributed by atoms with Crippen LogP contribution in [0.1, 0.15) is 6.23 Å². The number of aliphatic hydroxyl groups excluding tert-OH is 3. The number of hydrogen-bond acceptors (Lipinski definition) is 7. The SMILES string of the molecule is C=C(O)[C@H]1O[C@@H](n2ccc(N)nc2=O)[C@H](O)[C@@H]1O. The zero-order valence-corrected chi connectivity index (χ0v) is 9.30. The first-order valence-corrected chi connectivity index (χ1v) is 5.16. The minimum atomic E-state index is -1.39. The molecule has 98 valence electrons. The molecule has 0 amide bonds. The minimum absolute atomic E-state index is 0.0346. The fourth-order valence-electron chi connectivity index (χ4n) is 1.78. The van der Waals surface area contributed by atoms with Crippen molar-refractivity contribution in [3.05, 3.63) is 35.1 Å². The van der Waals surface area contributed by atoms with Crippen LogP contribution in [-0.2, 0) is 4.74 Å². The van der Waals surface area contributed by atoms with E-state index in [-0.39, 0.29) is 5.82 Å². The Morgan fingerprint density at radius 3 is 2.67 bits per heavy atom. The molecule has 0 aromatic carbocycles. The summed E-state index contributed by atoms with van der Waals surface area (Å²) in [4.78, 5) is 15.0. The van der Waals surface area contributed by atoms with Crippen LogP contribution in [0.25, 0.3) is 0 Å². The molecule has 8 nitrogen and oxygen atoms in total. The van der Waals surface area contributed by atoms with Crippen molar-refractivity contribution in [2.24, 2.45) is 0 Å². The Balaban J connectivity index is 2.35. The van der Waals surface area contributed by atoms with E-state index in [1.54, 1.807) is 0 Å². The summed E-state index contributed by atoms with van der Waals surface area (Å²) in [5, 5.41) is 28.6. The van der Waals surface area contributed by atoms with E-state index < -0.39 is 36.0 Å². The molecule has 4 atom stereocenters. The number of nitrogens with two attached hydrogens (primary N) is 1. The van der Waals surface area contributed by atoms with Crippen molar-refractivity contribution in [2.45, 2.75) is 24.5 Å². The van der Waals surface area contributed by atoms with Crippen LogP contribution in [0.15, 0.2) is 29.4 Å². The number of nitrogen functional groups attached to an aromatic ring is 1. The largest absolute Gasteiger partial charge is 0.510 e. The van der Waals surface area contributed by atoms with Crippen molar-refractivity contribution in [3.63, 3.8) is 0 Å². The van der Waals surface area contributed by atoms with Crippen LogP contribution in [-0.4, -0.2) is 43.2 Å². The monoisotopic (exact) mass is 255 g/mol. The predicted molar refractivity (Wildman–Crippen MR) is 60.6 cm³/mol. The molecule has 1 aromatic heterocycles. The van der Waals surface area contributed by atoms with Crippen molar-refractivity contribution in [1.82, 2.24) is 9.55 Å². The molecule has 0 aliphatic carbocycles. The van der Waals surface area contributed by atoms with Gasteiger partial charge in [0.15, 0.2) is 6.23 Å². The molecule has 18 heavy (non-hydrogen) atoms. The number of ether oxygens (including phenoxy) is 1. The Morgan fingerprint density at radius 1 is 1.50 bits per heavy atom. The lowest BCUT2D eigenvalue weighted by Gasteiger charge is -2.16. The second-order valence-corrected chi connectivity index (χ2v) is 3.96. The number of aliphatic hydroxyl groups is 3. The lowest BCUT2D eigenvalue weighted by atomic mass is 10.1. The van der Waals surface area contributed by atoms with Gasteiger partial charge in [-0.2, -0.15) is 4.98 Å². The first kappa shape index (κ1) is 12.6. The van der Waals surface area contributed by atoms with Crippen LogP contribution in [0, 0.1) is 0 Å². The van der Waals surface area contributed by atoms with E-state index in [2.05, 4.69) is 11.6 Å². The Bertz CT molecular complexity index is 528. The highest BCUT2D eigenvalue weighted by Gasteiger charge is 2.45. The highest BCUT2D eigenvalue weighted by atomic mass is 16.6. The molecule has 1 saturated heterocycles. The summed E-state index contributed by atoms with van der Waals surface area (Å²) in [5.74, 6) is -0.395. The van der Waals surface area contributed by atoms with Crippen molar-refractivity contribution < 1.29 is 20.1 Å². The lowest BCUT2D eigenvalue weighted by molar-refractivity contribution is -0.0386. The van der Waals surface area contributed by atoms with Gasteiger partial charge in [-0.15, -0.1) is 0 Å². The molecule has 0 radical (unpaired) electrons. The molecule has 8 heteroatoms. The van der Waals surface area contributed by atoms with Gasteiger partial charge in [0.2, 0.25) is 0 Å². The van der Waals surface area contributed by atoms with E-state index in [4.69, 9.17) is 10.5 Å². The highest BCUT2D eigenvalue weighted by Crippen LogP contribution is 2.30. The molecule has 0 bridgehead atoms.